The normalized spacial score (nSPS) is 11.1. The van der Waals surface area contributed by atoms with E-state index in [0.717, 1.165) is 48.2 Å². The molecule has 0 aliphatic heterocycles. The lowest BCUT2D eigenvalue weighted by molar-refractivity contribution is 0.309. The predicted molar refractivity (Wildman–Crippen MR) is 122 cm³/mol. The summed E-state index contributed by atoms with van der Waals surface area (Å²) in [6.45, 7) is 11.2. The Balaban J connectivity index is 0.00000364. The Hall–Kier alpha value is -1.77. The van der Waals surface area contributed by atoms with E-state index in [0.29, 0.717) is 13.2 Å². The van der Waals surface area contributed by atoms with Crippen LogP contribution in [0.4, 0.5) is 0 Å². The highest BCUT2D eigenvalue weighted by atomic mass is 127. The molecule has 2 aromatic rings. The number of guanidine groups is 1. The van der Waals surface area contributed by atoms with Gasteiger partial charge in [0.15, 0.2) is 5.96 Å². The van der Waals surface area contributed by atoms with Crippen molar-refractivity contribution in [3.8, 4) is 5.75 Å². The molecule has 0 bridgehead atoms. The maximum absolute atomic E-state index is 5.83. The van der Waals surface area contributed by atoms with Crippen LogP contribution in [0.15, 0.2) is 29.3 Å². The van der Waals surface area contributed by atoms with E-state index in [2.05, 4.69) is 47.6 Å². The molecule has 0 saturated heterocycles. The van der Waals surface area contributed by atoms with Crippen LogP contribution in [-0.4, -0.2) is 35.4 Å². The Morgan fingerprint density at radius 3 is 2.56 bits per heavy atom. The Bertz CT molecular complexity index is 742. The van der Waals surface area contributed by atoms with Crippen molar-refractivity contribution >= 4 is 29.9 Å². The van der Waals surface area contributed by atoms with E-state index in [1.165, 1.54) is 5.56 Å². The van der Waals surface area contributed by atoms with E-state index < -0.39 is 0 Å². The van der Waals surface area contributed by atoms with Gasteiger partial charge in [0.25, 0.3) is 0 Å². The molecule has 0 unspecified atom stereocenters. The van der Waals surface area contributed by atoms with E-state index in [9.17, 15) is 0 Å². The minimum absolute atomic E-state index is 0. The molecule has 1 aromatic carbocycles. The van der Waals surface area contributed by atoms with Crippen molar-refractivity contribution in [2.24, 2.45) is 12.0 Å². The van der Waals surface area contributed by atoms with Gasteiger partial charge in [-0.15, -0.1) is 24.0 Å². The minimum atomic E-state index is 0. The number of hydrogen-bond donors (Lipinski definition) is 2. The average Bonchev–Trinajstić information content (AvgIpc) is 2.86. The van der Waals surface area contributed by atoms with Gasteiger partial charge in [-0.2, -0.15) is 5.10 Å². The quantitative estimate of drug-likeness (QED) is 0.260. The number of ether oxygens (including phenoxy) is 1. The van der Waals surface area contributed by atoms with Gasteiger partial charge in [0.2, 0.25) is 0 Å². The van der Waals surface area contributed by atoms with Crippen molar-refractivity contribution in [1.82, 2.24) is 20.4 Å². The van der Waals surface area contributed by atoms with Crippen LogP contribution in [-0.2, 0) is 13.6 Å². The molecule has 0 radical (unpaired) electrons. The minimum Gasteiger partial charge on any atom is -0.493 e. The topological polar surface area (TPSA) is 63.5 Å². The average molecular weight is 485 g/mol. The number of aliphatic imine (C=N–C) groups is 1. The molecule has 7 heteroatoms. The summed E-state index contributed by atoms with van der Waals surface area (Å²) in [6.07, 6.45) is 0.906. The highest BCUT2D eigenvalue weighted by Gasteiger charge is 2.09. The van der Waals surface area contributed by atoms with Crippen molar-refractivity contribution in [3.63, 3.8) is 0 Å². The van der Waals surface area contributed by atoms with Gasteiger partial charge in [0, 0.05) is 31.4 Å². The summed E-state index contributed by atoms with van der Waals surface area (Å²) in [7, 11) is 1.97. The van der Waals surface area contributed by atoms with Crippen molar-refractivity contribution in [2.75, 3.05) is 19.7 Å². The van der Waals surface area contributed by atoms with Crippen LogP contribution in [0.25, 0.3) is 0 Å². The van der Waals surface area contributed by atoms with Gasteiger partial charge in [0.1, 0.15) is 5.75 Å². The summed E-state index contributed by atoms with van der Waals surface area (Å²) >= 11 is 0. The summed E-state index contributed by atoms with van der Waals surface area (Å²) in [6, 6.07) is 8.09. The third-order valence-electron chi connectivity index (χ3n) is 4.36. The molecule has 1 aromatic heterocycles. The number of halogens is 1. The van der Waals surface area contributed by atoms with Gasteiger partial charge in [0.05, 0.1) is 18.8 Å². The fourth-order valence-electron chi connectivity index (χ4n) is 2.73. The first kappa shape index (κ1) is 23.3. The fourth-order valence-corrected chi connectivity index (χ4v) is 2.73. The number of nitrogens with one attached hydrogen (secondary N) is 2. The van der Waals surface area contributed by atoms with Crippen LogP contribution in [0, 0.1) is 20.8 Å². The van der Waals surface area contributed by atoms with Gasteiger partial charge < -0.3 is 15.4 Å². The highest BCUT2D eigenvalue weighted by molar-refractivity contribution is 14.0. The van der Waals surface area contributed by atoms with Crippen LogP contribution in [0.1, 0.15) is 35.9 Å². The first-order chi connectivity index (χ1) is 12.5. The smallest absolute Gasteiger partial charge is 0.191 e. The van der Waals surface area contributed by atoms with Crippen LogP contribution in [0.3, 0.4) is 0 Å². The van der Waals surface area contributed by atoms with Gasteiger partial charge in [-0.1, -0.05) is 18.2 Å². The molecule has 0 saturated carbocycles. The Morgan fingerprint density at radius 1 is 1.19 bits per heavy atom. The second-order valence-electron chi connectivity index (χ2n) is 6.36. The molecule has 27 heavy (non-hydrogen) atoms. The summed E-state index contributed by atoms with van der Waals surface area (Å²) in [4.78, 5) is 4.69. The molecular formula is C20H32IN5O. The largest absolute Gasteiger partial charge is 0.493 e. The maximum Gasteiger partial charge on any atom is 0.191 e. The number of benzene rings is 1. The number of nitrogens with zero attached hydrogens (tertiary/aromatic N) is 3. The number of hydrogen-bond acceptors (Lipinski definition) is 3. The first-order valence-corrected chi connectivity index (χ1v) is 9.22. The molecule has 1 heterocycles. The first-order valence-electron chi connectivity index (χ1n) is 9.22. The Morgan fingerprint density at radius 2 is 1.93 bits per heavy atom. The number of aromatic nitrogens is 2. The molecule has 2 N–H and O–H groups in total. The number of rotatable bonds is 8. The lowest BCUT2D eigenvalue weighted by atomic mass is 10.2. The molecule has 2 rings (SSSR count). The molecule has 150 valence electrons. The van der Waals surface area contributed by atoms with Crippen LogP contribution in [0.2, 0.25) is 0 Å². The third kappa shape index (κ3) is 7.04. The summed E-state index contributed by atoms with van der Waals surface area (Å²) in [5.74, 6) is 1.78. The van der Waals surface area contributed by atoms with Crippen molar-refractivity contribution in [1.29, 1.82) is 0 Å². The number of aryl methyl sites for hydroxylation is 3. The Kier molecular flexibility index (Phi) is 10.2. The van der Waals surface area contributed by atoms with E-state index in [-0.39, 0.29) is 24.0 Å². The second kappa shape index (κ2) is 11.8. The van der Waals surface area contributed by atoms with Crippen molar-refractivity contribution in [3.05, 3.63) is 46.8 Å². The molecule has 6 nitrogen and oxygen atoms in total. The maximum atomic E-state index is 5.83. The summed E-state index contributed by atoms with van der Waals surface area (Å²) < 4.78 is 7.74. The van der Waals surface area contributed by atoms with E-state index in [1.807, 2.05) is 36.9 Å². The van der Waals surface area contributed by atoms with Crippen LogP contribution >= 0.6 is 24.0 Å². The zero-order valence-electron chi connectivity index (χ0n) is 17.0. The zero-order valence-corrected chi connectivity index (χ0v) is 19.3. The molecule has 0 amide bonds. The van der Waals surface area contributed by atoms with Gasteiger partial charge in [-0.25, -0.2) is 4.99 Å². The van der Waals surface area contributed by atoms with Gasteiger partial charge in [-0.05, 0) is 45.7 Å². The monoisotopic (exact) mass is 485 g/mol. The summed E-state index contributed by atoms with van der Waals surface area (Å²) in [5.41, 5.74) is 4.55. The molecule has 0 spiro atoms. The molecule has 0 fully saturated rings. The molecule has 0 atom stereocenters. The van der Waals surface area contributed by atoms with Crippen LogP contribution < -0.4 is 15.4 Å². The molecule has 0 aliphatic rings. The lowest BCUT2D eigenvalue weighted by Gasteiger charge is -2.12. The van der Waals surface area contributed by atoms with Crippen molar-refractivity contribution < 1.29 is 4.74 Å². The Labute approximate surface area is 179 Å². The SMILES string of the molecule is CCNC(=NCc1c(C)nn(C)c1C)NCCCOc1ccccc1C.I. The van der Waals surface area contributed by atoms with Crippen molar-refractivity contribution in [2.45, 2.75) is 40.7 Å². The third-order valence-corrected chi connectivity index (χ3v) is 4.36. The standard InChI is InChI=1S/C20H31N5O.HI/c1-6-21-20(23-14-18-16(3)24-25(5)17(18)4)22-12-9-13-26-19-11-8-7-10-15(19)2;/h7-8,10-11H,6,9,12-14H2,1-5H3,(H2,21,22,23);1H. The van der Waals surface area contributed by atoms with Gasteiger partial charge in [-0.3, -0.25) is 4.68 Å². The van der Waals surface area contributed by atoms with E-state index >= 15 is 0 Å². The number of para-hydroxylation sites is 1. The van der Waals surface area contributed by atoms with E-state index in [4.69, 9.17) is 4.74 Å². The zero-order chi connectivity index (χ0) is 18.9. The van der Waals surface area contributed by atoms with Gasteiger partial charge >= 0.3 is 0 Å². The highest BCUT2D eigenvalue weighted by Crippen LogP contribution is 2.16. The summed E-state index contributed by atoms with van der Waals surface area (Å²) in [5, 5.41) is 11.1. The van der Waals surface area contributed by atoms with E-state index in [1.54, 1.807) is 0 Å². The van der Waals surface area contributed by atoms with Crippen LogP contribution in [0.5, 0.6) is 5.75 Å². The lowest BCUT2D eigenvalue weighted by Crippen LogP contribution is -2.38. The fraction of sp³-hybridized carbons (Fsp3) is 0.500. The predicted octanol–water partition coefficient (Wildman–Crippen LogP) is 3.49. The second-order valence-corrected chi connectivity index (χ2v) is 6.36. The molecular weight excluding hydrogens is 453 g/mol. The molecule has 0 aliphatic carbocycles.